The second kappa shape index (κ2) is 11.8. The number of anilines is 2. The van der Waals surface area contributed by atoms with Gasteiger partial charge in [-0.1, -0.05) is 36.0 Å². The van der Waals surface area contributed by atoms with Gasteiger partial charge in [0.05, 0.1) is 10.7 Å². The number of benzene rings is 3. The molecule has 11 nitrogen and oxygen atoms in total. The van der Waals surface area contributed by atoms with Crippen LogP contribution in [0.5, 0.6) is 0 Å². The number of nitro groups is 1. The summed E-state index contributed by atoms with van der Waals surface area (Å²) in [5.74, 6) is 0.000688. The molecule has 1 aromatic heterocycles. The van der Waals surface area contributed by atoms with Crippen molar-refractivity contribution < 1.29 is 18.9 Å². The molecule has 12 heteroatoms. The molecule has 39 heavy (non-hydrogen) atoms. The van der Waals surface area contributed by atoms with E-state index in [4.69, 9.17) is 4.42 Å². The molecule has 1 aliphatic heterocycles. The summed E-state index contributed by atoms with van der Waals surface area (Å²) in [6.07, 6.45) is 0. The van der Waals surface area contributed by atoms with Gasteiger partial charge in [-0.15, -0.1) is 10.2 Å². The number of nitrogens with one attached hydrogen (secondary N) is 1. The van der Waals surface area contributed by atoms with Crippen LogP contribution in [0, 0.1) is 10.1 Å². The van der Waals surface area contributed by atoms with Crippen LogP contribution in [0.4, 0.5) is 17.1 Å². The van der Waals surface area contributed by atoms with E-state index >= 15 is 0 Å². The number of hydrogen-bond acceptors (Lipinski definition) is 9. The molecule has 4 aromatic rings. The third-order valence-corrected chi connectivity index (χ3v) is 6.96. The minimum Gasteiger partial charge on any atom is -0.411 e. The maximum atomic E-state index is 12.7. The van der Waals surface area contributed by atoms with Crippen molar-refractivity contribution in [3.05, 3.63) is 94.5 Å². The molecule has 5 rings (SSSR count). The summed E-state index contributed by atoms with van der Waals surface area (Å²) in [5, 5.41) is 21.8. The first-order chi connectivity index (χ1) is 19.0. The second-order valence-corrected chi connectivity index (χ2v) is 9.64. The van der Waals surface area contributed by atoms with Crippen molar-refractivity contribution in [1.29, 1.82) is 0 Å². The van der Waals surface area contributed by atoms with E-state index in [1.807, 2.05) is 59.5 Å². The largest absolute Gasteiger partial charge is 0.411 e. The van der Waals surface area contributed by atoms with Gasteiger partial charge in [-0.2, -0.15) is 0 Å². The van der Waals surface area contributed by atoms with Gasteiger partial charge in [-0.3, -0.25) is 19.7 Å². The standard InChI is InChI=1S/C27H24N6O5S/c34-24(18-39-27-30-29-25(38-27)20-7-4-8-23(17-20)33(36)37)28-21-9-11-22(12-10-21)31-13-15-32(16-14-31)26(35)19-5-2-1-3-6-19/h1-12,17H,13-16,18H2,(H,28,34). The van der Waals surface area contributed by atoms with Crippen LogP contribution >= 0.6 is 11.8 Å². The number of amides is 2. The molecule has 1 fully saturated rings. The first-order valence-electron chi connectivity index (χ1n) is 12.2. The van der Waals surface area contributed by atoms with Crippen LogP contribution in [0.2, 0.25) is 0 Å². The summed E-state index contributed by atoms with van der Waals surface area (Å²) in [6.45, 7) is 2.73. The normalized spacial score (nSPS) is 13.2. The number of thioether (sulfide) groups is 1. The Bertz CT molecular complexity index is 1470. The molecule has 0 atom stereocenters. The van der Waals surface area contributed by atoms with Crippen LogP contribution < -0.4 is 10.2 Å². The lowest BCUT2D eigenvalue weighted by molar-refractivity contribution is -0.384. The Labute approximate surface area is 228 Å². The number of aromatic nitrogens is 2. The lowest BCUT2D eigenvalue weighted by Crippen LogP contribution is -2.48. The Kier molecular flexibility index (Phi) is 7.83. The molecule has 1 saturated heterocycles. The van der Waals surface area contributed by atoms with Gasteiger partial charge in [0.2, 0.25) is 11.8 Å². The van der Waals surface area contributed by atoms with Gasteiger partial charge in [0.25, 0.3) is 16.8 Å². The molecule has 0 unspecified atom stereocenters. The van der Waals surface area contributed by atoms with E-state index in [1.54, 1.807) is 6.07 Å². The van der Waals surface area contributed by atoms with E-state index in [0.29, 0.717) is 29.9 Å². The fourth-order valence-electron chi connectivity index (χ4n) is 4.15. The highest BCUT2D eigenvalue weighted by molar-refractivity contribution is 7.99. The first kappa shape index (κ1) is 25.9. The zero-order valence-electron chi connectivity index (χ0n) is 20.7. The van der Waals surface area contributed by atoms with Crippen molar-refractivity contribution in [2.24, 2.45) is 0 Å². The lowest BCUT2D eigenvalue weighted by Gasteiger charge is -2.36. The lowest BCUT2D eigenvalue weighted by atomic mass is 10.1. The molecular formula is C27H24N6O5S. The Morgan fingerprint density at radius 1 is 0.949 bits per heavy atom. The predicted octanol–water partition coefficient (Wildman–Crippen LogP) is 4.34. The number of piperazine rings is 1. The Morgan fingerprint density at radius 3 is 2.41 bits per heavy atom. The van der Waals surface area contributed by atoms with Crippen molar-refractivity contribution in [2.45, 2.75) is 5.22 Å². The highest BCUT2D eigenvalue weighted by Gasteiger charge is 2.22. The zero-order valence-corrected chi connectivity index (χ0v) is 21.5. The third kappa shape index (κ3) is 6.41. The second-order valence-electron chi connectivity index (χ2n) is 8.71. The summed E-state index contributed by atoms with van der Waals surface area (Å²) in [5.41, 5.74) is 2.73. The zero-order chi connectivity index (χ0) is 27.2. The van der Waals surface area contributed by atoms with E-state index in [0.717, 1.165) is 30.5 Å². The molecule has 2 amide bonds. The monoisotopic (exact) mass is 544 g/mol. The number of nitro benzene ring substituents is 1. The summed E-state index contributed by atoms with van der Waals surface area (Å²) < 4.78 is 5.54. The smallest absolute Gasteiger partial charge is 0.277 e. The van der Waals surface area contributed by atoms with Crippen molar-refractivity contribution in [1.82, 2.24) is 15.1 Å². The molecule has 0 aliphatic carbocycles. The van der Waals surface area contributed by atoms with Gasteiger partial charge in [-0.25, -0.2) is 0 Å². The Balaban J connectivity index is 1.09. The van der Waals surface area contributed by atoms with Crippen LogP contribution in [0.25, 0.3) is 11.5 Å². The number of rotatable bonds is 8. The van der Waals surface area contributed by atoms with Gasteiger partial charge < -0.3 is 19.5 Å². The van der Waals surface area contributed by atoms with E-state index in [1.165, 1.54) is 18.2 Å². The van der Waals surface area contributed by atoms with E-state index < -0.39 is 4.92 Å². The molecule has 0 saturated carbocycles. The summed E-state index contributed by atoms with van der Waals surface area (Å²) in [7, 11) is 0. The fourth-order valence-corrected chi connectivity index (χ4v) is 4.71. The van der Waals surface area contributed by atoms with E-state index in [2.05, 4.69) is 20.4 Å². The minimum atomic E-state index is -0.498. The van der Waals surface area contributed by atoms with Crippen LogP contribution in [0.3, 0.4) is 0 Å². The SMILES string of the molecule is O=C(CSc1nnc(-c2cccc([N+](=O)[O-])c2)o1)Nc1ccc(N2CCN(C(=O)c3ccccc3)CC2)cc1. The van der Waals surface area contributed by atoms with Crippen LogP contribution in [0.15, 0.2) is 88.5 Å². The fraction of sp³-hybridized carbons (Fsp3) is 0.185. The van der Waals surface area contributed by atoms with Crippen LogP contribution in [-0.2, 0) is 4.79 Å². The Hall–Kier alpha value is -4.71. The van der Waals surface area contributed by atoms with Gasteiger partial charge in [0, 0.05) is 60.8 Å². The topological polar surface area (TPSA) is 135 Å². The summed E-state index contributed by atoms with van der Waals surface area (Å²) >= 11 is 1.07. The number of carbonyl (C=O) groups is 2. The number of non-ortho nitro benzene ring substituents is 1. The average molecular weight is 545 g/mol. The van der Waals surface area contributed by atoms with Crippen LogP contribution in [0.1, 0.15) is 10.4 Å². The molecule has 0 bridgehead atoms. The molecule has 198 valence electrons. The molecule has 1 N–H and O–H groups in total. The first-order valence-corrected chi connectivity index (χ1v) is 13.1. The van der Waals surface area contributed by atoms with Crippen molar-refractivity contribution in [3.63, 3.8) is 0 Å². The molecular weight excluding hydrogens is 520 g/mol. The molecule has 0 radical (unpaired) electrons. The summed E-state index contributed by atoms with van der Waals surface area (Å²) in [4.78, 5) is 39.7. The van der Waals surface area contributed by atoms with Gasteiger partial charge in [0.15, 0.2) is 0 Å². The number of hydrogen-bond donors (Lipinski definition) is 1. The van der Waals surface area contributed by atoms with E-state index in [9.17, 15) is 19.7 Å². The number of carbonyl (C=O) groups excluding carboxylic acids is 2. The van der Waals surface area contributed by atoms with Gasteiger partial charge in [0.1, 0.15) is 0 Å². The molecule has 2 heterocycles. The van der Waals surface area contributed by atoms with Crippen LogP contribution in [-0.4, -0.2) is 63.8 Å². The minimum absolute atomic E-state index is 0.0481. The molecule has 0 spiro atoms. The summed E-state index contributed by atoms with van der Waals surface area (Å²) in [6, 6.07) is 22.8. The van der Waals surface area contributed by atoms with Crippen molar-refractivity contribution in [2.75, 3.05) is 42.1 Å². The van der Waals surface area contributed by atoms with E-state index in [-0.39, 0.29) is 34.4 Å². The molecule has 1 aliphatic rings. The molecule has 3 aromatic carbocycles. The number of nitrogens with zero attached hydrogens (tertiary/aromatic N) is 5. The Morgan fingerprint density at radius 2 is 1.69 bits per heavy atom. The third-order valence-electron chi connectivity index (χ3n) is 6.14. The maximum Gasteiger partial charge on any atom is 0.277 e. The highest BCUT2D eigenvalue weighted by Crippen LogP contribution is 2.26. The average Bonchev–Trinajstić information content (AvgIpc) is 3.46. The maximum absolute atomic E-state index is 12.7. The van der Waals surface area contributed by atoms with Gasteiger partial charge >= 0.3 is 0 Å². The predicted molar refractivity (Wildman–Crippen MR) is 147 cm³/mol. The van der Waals surface area contributed by atoms with Crippen molar-refractivity contribution in [3.8, 4) is 11.5 Å². The quantitative estimate of drug-likeness (QED) is 0.195. The van der Waals surface area contributed by atoms with Gasteiger partial charge in [-0.05, 0) is 42.5 Å². The highest BCUT2D eigenvalue weighted by atomic mass is 32.2. The van der Waals surface area contributed by atoms with Crippen molar-refractivity contribution >= 4 is 40.6 Å².